The van der Waals surface area contributed by atoms with Gasteiger partial charge in [0.1, 0.15) is 0 Å². The topological polar surface area (TPSA) is 69.1 Å². The van der Waals surface area contributed by atoms with Crippen LogP contribution in [-0.4, -0.2) is 11.4 Å². The summed E-state index contributed by atoms with van der Waals surface area (Å²) in [7, 11) is 0. The molecule has 0 saturated carbocycles. The van der Waals surface area contributed by atoms with Crippen molar-refractivity contribution in [3.8, 4) is 0 Å². The fourth-order valence-corrected chi connectivity index (χ4v) is 1.75. The fraction of sp³-hybridized carbons (Fsp3) is 0.917. The zero-order chi connectivity index (χ0) is 11.7. The summed E-state index contributed by atoms with van der Waals surface area (Å²) in [6.45, 7) is 4.28. The number of carbonyl (C=O) groups excluding carboxylic acids is 1. The molecule has 0 aliphatic heterocycles. The summed E-state index contributed by atoms with van der Waals surface area (Å²) in [5, 5.41) is 0. The van der Waals surface area contributed by atoms with E-state index in [0.717, 1.165) is 51.4 Å². The van der Waals surface area contributed by atoms with Crippen LogP contribution in [0.15, 0.2) is 0 Å². The van der Waals surface area contributed by atoms with E-state index < -0.39 is 5.54 Å². The Morgan fingerprint density at radius 2 is 1.40 bits per heavy atom. The van der Waals surface area contributed by atoms with Crippen LogP contribution in [0.4, 0.5) is 0 Å². The molecule has 0 unspecified atom stereocenters. The third kappa shape index (κ3) is 5.78. The van der Waals surface area contributed by atoms with E-state index >= 15 is 0 Å². The minimum atomic E-state index is -0.760. The van der Waals surface area contributed by atoms with Crippen LogP contribution in [0.2, 0.25) is 0 Å². The Kier molecular flexibility index (Phi) is 7.39. The lowest BCUT2D eigenvalue weighted by Crippen LogP contribution is -2.51. The molecule has 3 nitrogen and oxygen atoms in total. The van der Waals surface area contributed by atoms with Crippen molar-refractivity contribution >= 4 is 5.91 Å². The Labute approximate surface area is 93.6 Å². The molecule has 0 atom stereocenters. The van der Waals surface area contributed by atoms with E-state index in [2.05, 4.69) is 13.8 Å². The molecule has 15 heavy (non-hydrogen) atoms. The molecule has 0 heterocycles. The van der Waals surface area contributed by atoms with E-state index in [-0.39, 0.29) is 5.91 Å². The van der Waals surface area contributed by atoms with Gasteiger partial charge >= 0.3 is 0 Å². The lowest BCUT2D eigenvalue weighted by molar-refractivity contribution is -0.123. The maximum Gasteiger partial charge on any atom is 0.237 e. The first kappa shape index (κ1) is 14.4. The third-order valence-corrected chi connectivity index (χ3v) is 2.94. The standard InChI is InChI=1S/C12H26N2O/c1-3-5-7-9-12(14,11(13)15)10-8-6-4-2/h3-10,14H2,1-2H3,(H2,13,15). The van der Waals surface area contributed by atoms with Gasteiger partial charge in [-0.05, 0) is 12.8 Å². The zero-order valence-electron chi connectivity index (χ0n) is 10.2. The van der Waals surface area contributed by atoms with E-state index in [4.69, 9.17) is 11.5 Å². The molecule has 0 fully saturated rings. The summed E-state index contributed by atoms with van der Waals surface area (Å²) < 4.78 is 0. The molecule has 0 rings (SSSR count). The molecule has 0 radical (unpaired) electrons. The van der Waals surface area contributed by atoms with Crippen molar-refractivity contribution in [2.45, 2.75) is 70.8 Å². The quantitative estimate of drug-likeness (QED) is 0.578. The molecule has 0 spiro atoms. The SMILES string of the molecule is CCCCCC(N)(CCCCC)C(N)=O. The van der Waals surface area contributed by atoms with Crippen LogP contribution in [0.3, 0.4) is 0 Å². The number of carbonyl (C=O) groups is 1. The van der Waals surface area contributed by atoms with Gasteiger partial charge in [0.25, 0.3) is 0 Å². The molecular formula is C12H26N2O. The first-order valence-electron chi connectivity index (χ1n) is 6.15. The Hall–Kier alpha value is -0.570. The number of rotatable bonds is 9. The first-order chi connectivity index (χ1) is 7.06. The van der Waals surface area contributed by atoms with E-state index in [1.807, 2.05) is 0 Å². The second kappa shape index (κ2) is 7.69. The Balaban J connectivity index is 4.01. The smallest absolute Gasteiger partial charge is 0.237 e. The van der Waals surface area contributed by atoms with Gasteiger partial charge in [-0.15, -0.1) is 0 Å². The van der Waals surface area contributed by atoms with E-state index in [1.54, 1.807) is 0 Å². The number of hydrogen-bond donors (Lipinski definition) is 2. The highest BCUT2D eigenvalue weighted by Gasteiger charge is 2.30. The Bertz CT molecular complexity index is 170. The summed E-state index contributed by atoms with van der Waals surface area (Å²) >= 11 is 0. The monoisotopic (exact) mass is 214 g/mol. The van der Waals surface area contributed by atoms with Crippen molar-refractivity contribution in [1.82, 2.24) is 0 Å². The van der Waals surface area contributed by atoms with Crippen LogP contribution in [0.1, 0.15) is 65.2 Å². The van der Waals surface area contributed by atoms with Gasteiger partial charge < -0.3 is 11.5 Å². The van der Waals surface area contributed by atoms with E-state index in [0.29, 0.717) is 0 Å². The summed E-state index contributed by atoms with van der Waals surface area (Å²) in [5.41, 5.74) is 10.7. The maximum atomic E-state index is 11.3. The molecule has 4 N–H and O–H groups in total. The van der Waals surface area contributed by atoms with Gasteiger partial charge in [0, 0.05) is 0 Å². The average molecular weight is 214 g/mol. The highest BCUT2D eigenvalue weighted by atomic mass is 16.1. The zero-order valence-corrected chi connectivity index (χ0v) is 10.2. The second-order valence-electron chi connectivity index (χ2n) is 4.43. The highest BCUT2D eigenvalue weighted by Crippen LogP contribution is 2.19. The van der Waals surface area contributed by atoms with Gasteiger partial charge in [-0.25, -0.2) is 0 Å². The Morgan fingerprint density at radius 1 is 1.00 bits per heavy atom. The first-order valence-corrected chi connectivity index (χ1v) is 6.15. The van der Waals surface area contributed by atoms with Crippen molar-refractivity contribution < 1.29 is 4.79 Å². The van der Waals surface area contributed by atoms with Gasteiger partial charge in [0.2, 0.25) is 5.91 Å². The van der Waals surface area contributed by atoms with Gasteiger partial charge in [0.15, 0.2) is 0 Å². The van der Waals surface area contributed by atoms with Crippen molar-refractivity contribution in [2.75, 3.05) is 0 Å². The summed E-state index contributed by atoms with van der Waals surface area (Å²) in [6.07, 6.45) is 8.01. The van der Waals surface area contributed by atoms with Crippen molar-refractivity contribution in [1.29, 1.82) is 0 Å². The van der Waals surface area contributed by atoms with Gasteiger partial charge in [-0.1, -0.05) is 52.4 Å². The molecule has 0 aromatic heterocycles. The van der Waals surface area contributed by atoms with Crippen molar-refractivity contribution in [3.05, 3.63) is 0 Å². The van der Waals surface area contributed by atoms with Crippen molar-refractivity contribution in [2.24, 2.45) is 11.5 Å². The number of amides is 1. The minimum absolute atomic E-state index is 0.338. The fourth-order valence-electron chi connectivity index (χ4n) is 1.75. The summed E-state index contributed by atoms with van der Waals surface area (Å²) in [4.78, 5) is 11.3. The van der Waals surface area contributed by atoms with Crippen LogP contribution < -0.4 is 11.5 Å². The lowest BCUT2D eigenvalue weighted by Gasteiger charge is -2.25. The van der Waals surface area contributed by atoms with Crippen LogP contribution in [0, 0.1) is 0 Å². The maximum absolute atomic E-state index is 11.3. The van der Waals surface area contributed by atoms with Gasteiger partial charge in [-0.3, -0.25) is 4.79 Å². The molecule has 0 aromatic carbocycles. The molecule has 0 saturated heterocycles. The number of nitrogens with two attached hydrogens (primary N) is 2. The van der Waals surface area contributed by atoms with Gasteiger partial charge in [-0.2, -0.15) is 0 Å². The predicted molar refractivity (Wildman–Crippen MR) is 64.4 cm³/mol. The molecule has 90 valence electrons. The molecule has 0 bridgehead atoms. The van der Waals surface area contributed by atoms with Crippen molar-refractivity contribution in [3.63, 3.8) is 0 Å². The third-order valence-electron chi connectivity index (χ3n) is 2.94. The second-order valence-corrected chi connectivity index (χ2v) is 4.43. The van der Waals surface area contributed by atoms with Crippen LogP contribution >= 0.6 is 0 Å². The average Bonchev–Trinajstić information content (AvgIpc) is 2.18. The number of hydrogen-bond acceptors (Lipinski definition) is 2. The number of primary amides is 1. The molecular weight excluding hydrogens is 188 g/mol. The highest BCUT2D eigenvalue weighted by molar-refractivity contribution is 5.84. The molecule has 1 amide bonds. The predicted octanol–water partition coefficient (Wildman–Crippen LogP) is 2.33. The lowest BCUT2D eigenvalue weighted by atomic mass is 9.87. The van der Waals surface area contributed by atoms with Crippen LogP contribution in [0.5, 0.6) is 0 Å². The molecule has 0 aliphatic rings. The normalized spacial score (nSPS) is 11.7. The Morgan fingerprint density at radius 3 is 1.67 bits per heavy atom. The molecule has 3 heteroatoms. The minimum Gasteiger partial charge on any atom is -0.368 e. The molecule has 0 aliphatic carbocycles. The summed E-state index contributed by atoms with van der Waals surface area (Å²) in [6, 6.07) is 0. The van der Waals surface area contributed by atoms with E-state index in [1.165, 1.54) is 0 Å². The van der Waals surface area contributed by atoms with E-state index in [9.17, 15) is 4.79 Å². The van der Waals surface area contributed by atoms with Crippen LogP contribution in [0.25, 0.3) is 0 Å². The summed E-state index contributed by atoms with van der Waals surface area (Å²) in [5.74, 6) is -0.338. The molecule has 0 aromatic rings. The van der Waals surface area contributed by atoms with Gasteiger partial charge in [0.05, 0.1) is 5.54 Å². The largest absolute Gasteiger partial charge is 0.368 e. The number of unbranched alkanes of at least 4 members (excludes halogenated alkanes) is 4. The van der Waals surface area contributed by atoms with Crippen LogP contribution in [-0.2, 0) is 4.79 Å².